The summed E-state index contributed by atoms with van der Waals surface area (Å²) in [4.78, 5) is 12.5. The number of para-hydroxylation sites is 1. The molecule has 0 saturated heterocycles. The highest BCUT2D eigenvalue weighted by atomic mass is 16.3. The number of phenolic OH excluding ortho intramolecular Hbond substituents is 1. The number of anilines is 1. The highest BCUT2D eigenvalue weighted by Gasteiger charge is 2.29. The van der Waals surface area contributed by atoms with E-state index in [1.807, 2.05) is 55.5 Å². The lowest BCUT2D eigenvalue weighted by atomic mass is 10.1. The normalized spacial score (nSPS) is 15.3. The van der Waals surface area contributed by atoms with Gasteiger partial charge in [-0.15, -0.1) is 0 Å². The number of rotatable bonds is 8. The van der Waals surface area contributed by atoms with Crippen molar-refractivity contribution in [2.24, 2.45) is 10.2 Å². The molecule has 30 heavy (non-hydrogen) atoms. The molecule has 1 aliphatic heterocycles. The van der Waals surface area contributed by atoms with Crippen LogP contribution in [0, 0.1) is 6.92 Å². The summed E-state index contributed by atoms with van der Waals surface area (Å²) < 4.78 is 0. The summed E-state index contributed by atoms with van der Waals surface area (Å²) in [6.45, 7) is 6.52. The molecule has 0 spiro atoms. The van der Waals surface area contributed by atoms with Crippen molar-refractivity contribution >= 4 is 35.2 Å². The van der Waals surface area contributed by atoms with E-state index in [9.17, 15) is 9.90 Å². The van der Waals surface area contributed by atoms with E-state index in [1.54, 1.807) is 13.0 Å². The summed E-state index contributed by atoms with van der Waals surface area (Å²) in [5.41, 5.74) is 7.00. The Balaban J connectivity index is 1.73. The van der Waals surface area contributed by atoms with Gasteiger partial charge in [-0.05, 0) is 37.5 Å². The Labute approximate surface area is 177 Å². The maximum absolute atomic E-state index is 12.5. The zero-order valence-corrected chi connectivity index (χ0v) is 17.7. The first-order chi connectivity index (χ1) is 14.5. The Bertz CT molecular complexity index is 1010. The van der Waals surface area contributed by atoms with Gasteiger partial charge >= 0.3 is 0 Å². The van der Waals surface area contributed by atoms with Crippen LogP contribution in [0.2, 0.25) is 0 Å². The molecule has 6 nitrogen and oxygen atoms in total. The van der Waals surface area contributed by atoms with Gasteiger partial charge in [0.25, 0.3) is 5.91 Å². The number of hydrazone groups is 2. The topological polar surface area (TPSA) is 77.3 Å². The average molecular weight is 405 g/mol. The molecular weight excluding hydrogens is 376 g/mol. The summed E-state index contributed by atoms with van der Waals surface area (Å²) in [5, 5.41) is 20.6. The van der Waals surface area contributed by atoms with Crippen LogP contribution in [0.5, 0.6) is 5.75 Å². The number of aryl methyl sites for hydroxylation is 1. The Kier molecular flexibility index (Phi) is 7.01. The van der Waals surface area contributed by atoms with E-state index in [-0.39, 0.29) is 17.4 Å². The van der Waals surface area contributed by atoms with E-state index < -0.39 is 0 Å². The minimum Gasteiger partial charge on any atom is -0.505 e. The first-order valence-corrected chi connectivity index (χ1v) is 10.3. The first kappa shape index (κ1) is 21.3. The minimum atomic E-state index is -0.216. The molecule has 0 aromatic heterocycles. The van der Waals surface area contributed by atoms with Gasteiger partial charge in [-0.2, -0.15) is 10.2 Å². The fourth-order valence-electron chi connectivity index (χ4n) is 3.20. The summed E-state index contributed by atoms with van der Waals surface area (Å²) in [7, 11) is 0. The van der Waals surface area contributed by atoms with E-state index in [0.29, 0.717) is 23.5 Å². The van der Waals surface area contributed by atoms with E-state index in [4.69, 9.17) is 0 Å². The number of unbranched alkanes of at least 4 members (excludes halogenated alkanes) is 2. The van der Waals surface area contributed by atoms with Crippen LogP contribution in [0.15, 0.2) is 52.7 Å². The van der Waals surface area contributed by atoms with Crippen LogP contribution in [0.1, 0.15) is 49.8 Å². The lowest BCUT2D eigenvalue weighted by Crippen LogP contribution is -2.28. The Morgan fingerprint density at radius 1 is 1.07 bits per heavy atom. The summed E-state index contributed by atoms with van der Waals surface area (Å²) in [5.74, 6) is -0.141. The van der Waals surface area contributed by atoms with Crippen molar-refractivity contribution in [3.63, 3.8) is 0 Å². The third kappa shape index (κ3) is 4.95. The second-order valence-electron chi connectivity index (χ2n) is 7.33. The van der Waals surface area contributed by atoms with E-state index in [0.717, 1.165) is 30.4 Å². The van der Waals surface area contributed by atoms with Gasteiger partial charge in [-0.1, -0.05) is 68.3 Å². The number of benzene rings is 2. The van der Waals surface area contributed by atoms with Gasteiger partial charge in [0.05, 0.1) is 11.4 Å². The summed E-state index contributed by atoms with van der Waals surface area (Å²) in [6, 6.07) is 13.4. The Morgan fingerprint density at radius 3 is 2.57 bits per heavy atom. The highest BCUT2D eigenvalue weighted by Crippen LogP contribution is 2.29. The van der Waals surface area contributed by atoms with E-state index in [2.05, 4.69) is 22.6 Å². The number of nitrogens with one attached hydrogen (secondary N) is 1. The molecule has 2 aromatic carbocycles. The molecule has 0 aliphatic carbocycles. The molecule has 1 heterocycles. The van der Waals surface area contributed by atoms with Crippen LogP contribution in [0.25, 0.3) is 12.2 Å². The number of carbonyl (C=O) groups is 1. The summed E-state index contributed by atoms with van der Waals surface area (Å²) in [6.07, 6.45) is 6.88. The molecule has 0 bridgehead atoms. The van der Waals surface area contributed by atoms with Crippen molar-refractivity contribution in [2.45, 2.75) is 40.0 Å². The molecule has 0 fully saturated rings. The van der Waals surface area contributed by atoms with Crippen molar-refractivity contribution < 1.29 is 9.90 Å². The zero-order chi connectivity index (χ0) is 21.5. The van der Waals surface area contributed by atoms with Gasteiger partial charge < -0.3 is 5.11 Å². The molecule has 1 aliphatic rings. The number of carbonyl (C=O) groups excluding carboxylic acids is 1. The number of aromatic hydroxyl groups is 1. The maximum Gasteiger partial charge on any atom is 0.296 e. The number of hydrogen-bond donors (Lipinski definition) is 2. The fourth-order valence-corrected chi connectivity index (χ4v) is 3.20. The predicted molar refractivity (Wildman–Crippen MR) is 124 cm³/mol. The smallest absolute Gasteiger partial charge is 0.296 e. The van der Waals surface area contributed by atoms with Crippen molar-refractivity contribution in [3.05, 3.63) is 59.2 Å². The van der Waals surface area contributed by atoms with Gasteiger partial charge in [0.1, 0.15) is 5.75 Å². The van der Waals surface area contributed by atoms with E-state index in [1.165, 1.54) is 5.01 Å². The van der Waals surface area contributed by atoms with Crippen LogP contribution in [0.4, 0.5) is 5.69 Å². The van der Waals surface area contributed by atoms with Crippen molar-refractivity contribution in [1.29, 1.82) is 0 Å². The second-order valence-corrected chi connectivity index (χ2v) is 7.33. The SMILES string of the molecule is CCCCCN1N=C(C)/C(=N/Nc2cccc(/C=C/c3ccccc3C)c2O)C1=O. The van der Waals surface area contributed by atoms with Gasteiger partial charge in [-0.3, -0.25) is 10.2 Å². The predicted octanol–water partition coefficient (Wildman–Crippen LogP) is 5.05. The molecule has 0 radical (unpaired) electrons. The molecule has 0 unspecified atom stereocenters. The zero-order valence-electron chi connectivity index (χ0n) is 17.7. The molecular formula is C24H28N4O2. The fraction of sp³-hybridized carbons (Fsp3) is 0.292. The van der Waals surface area contributed by atoms with E-state index >= 15 is 0 Å². The highest BCUT2D eigenvalue weighted by molar-refractivity contribution is 6.68. The Morgan fingerprint density at radius 2 is 1.80 bits per heavy atom. The Hall–Kier alpha value is -3.41. The maximum atomic E-state index is 12.5. The number of phenols is 1. The molecule has 6 heteroatoms. The second kappa shape index (κ2) is 9.87. The lowest BCUT2D eigenvalue weighted by molar-refractivity contribution is -0.123. The van der Waals surface area contributed by atoms with Gasteiger partial charge in [-0.25, -0.2) is 5.01 Å². The lowest BCUT2D eigenvalue weighted by Gasteiger charge is -2.10. The van der Waals surface area contributed by atoms with Gasteiger partial charge in [0, 0.05) is 12.1 Å². The average Bonchev–Trinajstić information content (AvgIpc) is 3.00. The monoisotopic (exact) mass is 404 g/mol. The number of hydrogen-bond acceptors (Lipinski definition) is 5. The van der Waals surface area contributed by atoms with Crippen LogP contribution in [-0.2, 0) is 4.79 Å². The third-order valence-electron chi connectivity index (χ3n) is 5.01. The molecule has 0 saturated carbocycles. The van der Waals surface area contributed by atoms with Crippen molar-refractivity contribution in [2.75, 3.05) is 12.0 Å². The molecule has 2 N–H and O–H groups in total. The van der Waals surface area contributed by atoms with Crippen LogP contribution >= 0.6 is 0 Å². The minimum absolute atomic E-state index is 0.0755. The molecule has 3 rings (SSSR count). The molecule has 0 atom stereocenters. The molecule has 1 amide bonds. The van der Waals surface area contributed by atoms with Gasteiger partial charge in [0.2, 0.25) is 0 Å². The summed E-state index contributed by atoms with van der Waals surface area (Å²) >= 11 is 0. The standard InChI is InChI=1S/C24H28N4O2/c1-4-5-8-16-28-24(30)22(18(3)27-28)26-25-21-13-9-12-20(23(21)29)15-14-19-11-7-6-10-17(19)2/h6-7,9-15,25,29H,4-5,8,16H2,1-3H3/b15-14+,26-22-. The van der Waals surface area contributed by atoms with Crippen molar-refractivity contribution in [1.82, 2.24) is 5.01 Å². The molecule has 156 valence electrons. The quantitative estimate of drug-likeness (QED) is 0.280. The largest absolute Gasteiger partial charge is 0.505 e. The van der Waals surface area contributed by atoms with Crippen LogP contribution in [-0.4, -0.2) is 34.0 Å². The third-order valence-corrected chi connectivity index (χ3v) is 5.01. The molecule has 2 aromatic rings. The number of amides is 1. The first-order valence-electron chi connectivity index (χ1n) is 10.3. The number of nitrogens with zero attached hydrogens (tertiary/aromatic N) is 3. The van der Waals surface area contributed by atoms with Gasteiger partial charge in [0.15, 0.2) is 5.71 Å². The van der Waals surface area contributed by atoms with Crippen LogP contribution in [0.3, 0.4) is 0 Å². The van der Waals surface area contributed by atoms with Crippen molar-refractivity contribution in [3.8, 4) is 5.75 Å². The van der Waals surface area contributed by atoms with Crippen LogP contribution < -0.4 is 5.43 Å².